The van der Waals surface area contributed by atoms with Crippen molar-refractivity contribution >= 4 is 17.7 Å². The summed E-state index contributed by atoms with van der Waals surface area (Å²) in [5.74, 6) is -1.72. The first-order chi connectivity index (χ1) is 10.9. The van der Waals surface area contributed by atoms with Gasteiger partial charge in [0.2, 0.25) is 5.91 Å². The van der Waals surface area contributed by atoms with E-state index in [0.29, 0.717) is 4.57 Å². The second-order valence-electron chi connectivity index (χ2n) is 4.88. The third-order valence-corrected chi connectivity index (χ3v) is 3.06. The summed E-state index contributed by atoms with van der Waals surface area (Å²) in [6, 6.07) is 9.96. The number of anilines is 1. The number of nitrogens with one attached hydrogen (secondary N) is 1. The zero-order valence-corrected chi connectivity index (χ0v) is 12.4. The van der Waals surface area contributed by atoms with E-state index in [1.807, 2.05) is 6.07 Å². The number of aliphatic carboxylic acids is 1. The van der Waals surface area contributed by atoms with Crippen LogP contribution in [-0.4, -0.2) is 26.1 Å². The normalized spacial score (nSPS) is 10.3. The lowest BCUT2D eigenvalue weighted by atomic mass is 10.2. The highest BCUT2D eigenvalue weighted by atomic mass is 16.4. The number of carbonyl (C=O) groups excluding carboxylic acids is 1. The van der Waals surface area contributed by atoms with Crippen molar-refractivity contribution < 1.29 is 14.7 Å². The number of carbonyl (C=O) groups is 2. The molecule has 0 saturated carbocycles. The average Bonchev–Trinajstić information content (AvgIpc) is 2.48. The molecule has 0 aliphatic carbocycles. The van der Waals surface area contributed by atoms with Crippen LogP contribution in [0.2, 0.25) is 0 Å². The molecule has 0 aliphatic rings. The summed E-state index contributed by atoms with van der Waals surface area (Å²) in [5.41, 5.74) is -0.820. The Morgan fingerprint density at radius 2 is 1.78 bits per heavy atom. The van der Waals surface area contributed by atoms with E-state index in [1.165, 1.54) is 6.92 Å². The number of nitrogens with zero attached hydrogens (tertiary/aromatic N) is 2. The molecule has 2 rings (SSSR count). The molecule has 2 N–H and O–H groups in total. The fourth-order valence-corrected chi connectivity index (χ4v) is 2.10. The number of rotatable bonds is 5. The van der Waals surface area contributed by atoms with E-state index < -0.39 is 29.7 Å². The number of hydrogen-bond donors (Lipinski definition) is 2. The number of carboxylic acid groups (broad SMARTS) is 1. The highest BCUT2D eigenvalue weighted by molar-refractivity contribution is 5.87. The van der Waals surface area contributed by atoms with E-state index >= 15 is 0 Å². The predicted molar refractivity (Wildman–Crippen MR) is 82.4 cm³/mol. The Labute approximate surface area is 130 Å². The van der Waals surface area contributed by atoms with E-state index in [-0.39, 0.29) is 12.4 Å². The molecule has 0 saturated heterocycles. The van der Waals surface area contributed by atoms with E-state index in [1.54, 1.807) is 24.3 Å². The molecule has 0 unspecified atom stereocenters. The van der Waals surface area contributed by atoms with Gasteiger partial charge in [0.15, 0.2) is 0 Å². The van der Waals surface area contributed by atoms with Gasteiger partial charge in [-0.2, -0.15) is 0 Å². The fourth-order valence-electron chi connectivity index (χ4n) is 2.10. The molecule has 0 radical (unpaired) electrons. The standard InChI is InChI=1S/C15H15N3O5/c1-10(19)16-12-7-13(20)18(9-14(21)22)15(23)17(12)8-11-5-3-2-4-6-11/h2-7H,8-9H2,1H3,(H,16,19)(H,21,22). The van der Waals surface area contributed by atoms with Crippen LogP contribution in [0.15, 0.2) is 46.0 Å². The molecule has 2 aromatic rings. The van der Waals surface area contributed by atoms with Crippen LogP contribution < -0.4 is 16.6 Å². The summed E-state index contributed by atoms with van der Waals surface area (Å²) in [6.07, 6.45) is 0. The third kappa shape index (κ3) is 3.94. The van der Waals surface area contributed by atoms with Crippen LogP contribution in [0.3, 0.4) is 0 Å². The van der Waals surface area contributed by atoms with Crippen molar-refractivity contribution in [1.82, 2.24) is 9.13 Å². The second kappa shape index (κ2) is 6.73. The van der Waals surface area contributed by atoms with Crippen LogP contribution in [0.1, 0.15) is 12.5 Å². The van der Waals surface area contributed by atoms with Gasteiger partial charge in [-0.1, -0.05) is 30.3 Å². The SMILES string of the molecule is CC(=O)Nc1cc(=O)n(CC(=O)O)c(=O)n1Cc1ccccc1. The monoisotopic (exact) mass is 317 g/mol. The Balaban J connectivity index is 2.59. The first-order valence-electron chi connectivity index (χ1n) is 6.76. The van der Waals surface area contributed by atoms with Gasteiger partial charge in [-0.15, -0.1) is 0 Å². The van der Waals surface area contributed by atoms with Crippen molar-refractivity contribution in [2.45, 2.75) is 20.0 Å². The fraction of sp³-hybridized carbons (Fsp3) is 0.200. The number of hydrogen-bond acceptors (Lipinski definition) is 4. The quantitative estimate of drug-likeness (QED) is 0.812. The van der Waals surface area contributed by atoms with Crippen molar-refractivity contribution in [3.8, 4) is 0 Å². The highest BCUT2D eigenvalue weighted by Crippen LogP contribution is 2.07. The lowest BCUT2D eigenvalue weighted by Crippen LogP contribution is -2.42. The molecular formula is C15H15N3O5. The van der Waals surface area contributed by atoms with Crippen LogP contribution in [0, 0.1) is 0 Å². The first-order valence-corrected chi connectivity index (χ1v) is 6.76. The van der Waals surface area contributed by atoms with Crippen LogP contribution in [0.25, 0.3) is 0 Å². The molecule has 8 nitrogen and oxygen atoms in total. The minimum absolute atomic E-state index is 0.0259. The van der Waals surface area contributed by atoms with Crippen molar-refractivity contribution in [3.63, 3.8) is 0 Å². The zero-order chi connectivity index (χ0) is 17.0. The van der Waals surface area contributed by atoms with Gasteiger partial charge in [-0.3, -0.25) is 19.0 Å². The van der Waals surface area contributed by atoms with Crippen molar-refractivity contribution in [1.29, 1.82) is 0 Å². The van der Waals surface area contributed by atoms with Crippen LogP contribution in [0.5, 0.6) is 0 Å². The minimum Gasteiger partial charge on any atom is -0.480 e. The van der Waals surface area contributed by atoms with Gasteiger partial charge in [-0.05, 0) is 5.56 Å². The molecule has 0 bridgehead atoms. The summed E-state index contributed by atoms with van der Waals surface area (Å²) in [7, 11) is 0. The van der Waals surface area contributed by atoms with Crippen LogP contribution in [0.4, 0.5) is 5.82 Å². The zero-order valence-electron chi connectivity index (χ0n) is 12.4. The smallest absolute Gasteiger partial charge is 0.333 e. The Bertz CT molecular complexity index is 852. The van der Waals surface area contributed by atoms with Gasteiger partial charge in [-0.25, -0.2) is 9.36 Å². The Morgan fingerprint density at radius 1 is 1.13 bits per heavy atom. The van der Waals surface area contributed by atoms with Gasteiger partial charge in [0.25, 0.3) is 5.56 Å². The van der Waals surface area contributed by atoms with Crippen molar-refractivity contribution in [3.05, 3.63) is 62.8 Å². The third-order valence-electron chi connectivity index (χ3n) is 3.06. The molecular weight excluding hydrogens is 302 g/mol. The maximum Gasteiger partial charge on any atom is 0.333 e. The second-order valence-corrected chi connectivity index (χ2v) is 4.88. The van der Waals surface area contributed by atoms with Crippen molar-refractivity contribution in [2.24, 2.45) is 0 Å². The molecule has 1 amide bonds. The average molecular weight is 317 g/mol. The molecule has 0 fully saturated rings. The highest BCUT2D eigenvalue weighted by Gasteiger charge is 2.14. The van der Waals surface area contributed by atoms with Gasteiger partial charge >= 0.3 is 11.7 Å². The summed E-state index contributed by atoms with van der Waals surface area (Å²) >= 11 is 0. The maximum atomic E-state index is 12.4. The maximum absolute atomic E-state index is 12.4. The molecule has 1 aromatic carbocycles. The molecule has 0 aliphatic heterocycles. The minimum atomic E-state index is -1.30. The number of amides is 1. The van der Waals surface area contributed by atoms with Gasteiger partial charge in [0.1, 0.15) is 12.4 Å². The van der Waals surface area contributed by atoms with E-state index in [0.717, 1.165) is 16.2 Å². The summed E-state index contributed by atoms with van der Waals surface area (Å²) in [5, 5.41) is 11.3. The molecule has 8 heteroatoms. The lowest BCUT2D eigenvalue weighted by molar-refractivity contribution is -0.137. The Kier molecular flexibility index (Phi) is 4.75. The molecule has 1 heterocycles. The lowest BCUT2D eigenvalue weighted by Gasteiger charge is -2.15. The van der Waals surface area contributed by atoms with Gasteiger partial charge in [0, 0.05) is 13.0 Å². The summed E-state index contributed by atoms with van der Waals surface area (Å²) in [6.45, 7) is 0.599. The molecule has 1 aromatic heterocycles. The summed E-state index contributed by atoms with van der Waals surface area (Å²) < 4.78 is 1.76. The van der Waals surface area contributed by atoms with E-state index in [9.17, 15) is 19.2 Å². The van der Waals surface area contributed by atoms with Gasteiger partial charge < -0.3 is 10.4 Å². The molecule has 0 atom stereocenters. The first kappa shape index (κ1) is 16.2. The molecule has 23 heavy (non-hydrogen) atoms. The Hall–Kier alpha value is -3.16. The van der Waals surface area contributed by atoms with E-state index in [2.05, 4.69) is 5.32 Å². The number of aromatic nitrogens is 2. The number of benzene rings is 1. The number of carboxylic acids is 1. The molecule has 0 spiro atoms. The van der Waals surface area contributed by atoms with Crippen LogP contribution in [-0.2, 0) is 22.7 Å². The van der Waals surface area contributed by atoms with E-state index in [4.69, 9.17) is 5.11 Å². The molecule has 120 valence electrons. The van der Waals surface area contributed by atoms with Crippen molar-refractivity contribution in [2.75, 3.05) is 5.32 Å². The predicted octanol–water partition coefficient (Wildman–Crippen LogP) is 0.101. The largest absolute Gasteiger partial charge is 0.480 e. The summed E-state index contributed by atoms with van der Waals surface area (Å²) in [4.78, 5) is 46.5. The topological polar surface area (TPSA) is 110 Å². The van der Waals surface area contributed by atoms with Crippen LogP contribution >= 0.6 is 0 Å². The van der Waals surface area contributed by atoms with Gasteiger partial charge in [0.05, 0.1) is 6.54 Å². The Morgan fingerprint density at radius 3 is 2.35 bits per heavy atom.